The second-order valence-corrected chi connectivity index (χ2v) is 9.01. The highest BCUT2D eigenvalue weighted by atomic mass is 16.7. The molecule has 9 heteroatoms. The number of rotatable bonds is 6. The number of carbonyl (C=O) groups is 2. The van der Waals surface area contributed by atoms with Crippen LogP contribution in [0.5, 0.6) is 11.5 Å². The van der Waals surface area contributed by atoms with Crippen molar-refractivity contribution in [2.75, 3.05) is 50.0 Å². The Hall–Kier alpha value is -4.81. The fraction of sp³-hybridized carbons (Fsp3) is 0.179. The molecule has 9 nitrogen and oxygen atoms in total. The van der Waals surface area contributed by atoms with Gasteiger partial charge in [-0.2, -0.15) is 5.26 Å². The molecule has 3 aromatic rings. The number of anilines is 3. The van der Waals surface area contributed by atoms with Crippen molar-refractivity contribution in [3.8, 4) is 17.6 Å². The topological polar surface area (TPSA) is 107 Å². The van der Waals surface area contributed by atoms with E-state index in [1.165, 1.54) is 0 Å². The molecule has 0 atom stereocenters. The van der Waals surface area contributed by atoms with Gasteiger partial charge in [0.15, 0.2) is 11.5 Å². The maximum Gasteiger partial charge on any atom is 0.258 e. The summed E-state index contributed by atoms with van der Waals surface area (Å²) in [6.45, 7) is 0.443. The number of hydrogen-bond acceptors (Lipinski definition) is 7. The molecule has 2 aliphatic rings. The molecule has 0 bridgehead atoms. The van der Waals surface area contributed by atoms with Gasteiger partial charge in [0.05, 0.1) is 35.1 Å². The van der Waals surface area contributed by atoms with Gasteiger partial charge in [0.1, 0.15) is 0 Å². The Bertz CT molecular complexity index is 1470. The second-order valence-electron chi connectivity index (χ2n) is 9.01. The average Bonchev–Trinajstić information content (AvgIpc) is 3.49. The van der Waals surface area contributed by atoms with Crippen molar-refractivity contribution in [2.24, 2.45) is 0 Å². The quantitative estimate of drug-likeness (QED) is 0.502. The number of nitriles is 1. The van der Waals surface area contributed by atoms with E-state index in [-0.39, 0.29) is 18.6 Å². The zero-order chi connectivity index (χ0) is 26.1. The van der Waals surface area contributed by atoms with E-state index < -0.39 is 0 Å². The van der Waals surface area contributed by atoms with Crippen molar-refractivity contribution in [3.05, 3.63) is 77.4 Å². The van der Waals surface area contributed by atoms with Crippen LogP contribution in [0.1, 0.15) is 16.7 Å². The lowest BCUT2D eigenvalue weighted by atomic mass is 9.98. The van der Waals surface area contributed by atoms with Gasteiger partial charge in [-0.25, -0.2) is 0 Å². The summed E-state index contributed by atoms with van der Waals surface area (Å²) in [6.07, 6.45) is 0. The molecule has 37 heavy (non-hydrogen) atoms. The fourth-order valence-corrected chi connectivity index (χ4v) is 4.25. The van der Waals surface area contributed by atoms with Crippen LogP contribution in [0.25, 0.3) is 11.3 Å². The van der Waals surface area contributed by atoms with Crippen LogP contribution in [0.3, 0.4) is 0 Å². The van der Waals surface area contributed by atoms with Crippen LogP contribution < -0.4 is 25.0 Å². The molecule has 0 saturated carbocycles. The second kappa shape index (κ2) is 9.68. The minimum absolute atomic E-state index is 0.0233. The molecule has 186 valence electrons. The third-order valence-corrected chi connectivity index (χ3v) is 6.15. The maximum absolute atomic E-state index is 13.2. The predicted molar refractivity (Wildman–Crippen MR) is 141 cm³/mol. The largest absolute Gasteiger partial charge is 0.454 e. The molecule has 2 amide bonds. The van der Waals surface area contributed by atoms with Crippen molar-refractivity contribution in [1.29, 1.82) is 5.26 Å². The van der Waals surface area contributed by atoms with Gasteiger partial charge in [-0.1, -0.05) is 6.07 Å². The zero-order valence-electron chi connectivity index (χ0n) is 20.7. The molecule has 0 aromatic heterocycles. The van der Waals surface area contributed by atoms with Crippen molar-refractivity contribution >= 4 is 40.1 Å². The number of benzene rings is 3. The van der Waals surface area contributed by atoms with Crippen LogP contribution in [0.15, 0.2) is 60.7 Å². The van der Waals surface area contributed by atoms with Crippen LogP contribution >= 0.6 is 0 Å². The van der Waals surface area contributed by atoms with Gasteiger partial charge in [0, 0.05) is 29.5 Å². The van der Waals surface area contributed by atoms with Crippen molar-refractivity contribution < 1.29 is 19.1 Å². The number of carbonyl (C=O) groups excluding carboxylic acids is 2. The Morgan fingerprint density at radius 1 is 1.03 bits per heavy atom. The van der Waals surface area contributed by atoms with Gasteiger partial charge in [-0.05, 0) is 68.7 Å². The normalized spacial score (nSPS) is 14.6. The first kappa shape index (κ1) is 23.9. The summed E-state index contributed by atoms with van der Waals surface area (Å²) in [5, 5.41) is 15.5. The SMILES string of the molecule is CN(C)CC(=O)N(C)c1ccc(N/C(=C2\C(=O)Nc3cc(C#N)ccc32)c2ccc3c(c2)OCO3)cc1. The van der Waals surface area contributed by atoms with Gasteiger partial charge in [0.2, 0.25) is 12.7 Å². The molecule has 2 aliphatic heterocycles. The minimum atomic E-state index is -0.282. The lowest BCUT2D eigenvalue weighted by Crippen LogP contribution is -2.34. The van der Waals surface area contributed by atoms with E-state index in [0.29, 0.717) is 46.1 Å². The third kappa shape index (κ3) is 4.70. The van der Waals surface area contributed by atoms with Crippen LogP contribution in [-0.2, 0) is 9.59 Å². The highest BCUT2D eigenvalue weighted by molar-refractivity contribution is 6.37. The van der Waals surface area contributed by atoms with Crippen LogP contribution in [0.2, 0.25) is 0 Å². The molecular formula is C28H25N5O4. The van der Waals surface area contributed by atoms with Crippen molar-refractivity contribution in [3.63, 3.8) is 0 Å². The average molecular weight is 496 g/mol. The Morgan fingerprint density at radius 2 is 1.78 bits per heavy atom. The van der Waals surface area contributed by atoms with Crippen LogP contribution in [0, 0.1) is 11.3 Å². The summed E-state index contributed by atoms with van der Waals surface area (Å²) < 4.78 is 11.0. The van der Waals surface area contributed by atoms with Gasteiger partial charge >= 0.3 is 0 Å². The summed E-state index contributed by atoms with van der Waals surface area (Å²) in [4.78, 5) is 29.0. The molecule has 3 aromatic carbocycles. The Labute approximate surface area is 214 Å². The lowest BCUT2D eigenvalue weighted by Gasteiger charge is -2.20. The highest BCUT2D eigenvalue weighted by Crippen LogP contribution is 2.41. The number of amides is 2. The van der Waals surface area contributed by atoms with Crippen LogP contribution in [0.4, 0.5) is 17.1 Å². The highest BCUT2D eigenvalue weighted by Gasteiger charge is 2.29. The number of nitrogens with zero attached hydrogens (tertiary/aromatic N) is 3. The number of ether oxygens (including phenoxy) is 2. The number of nitrogens with one attached hydrogen (secondary N) is 2. The monoisotopic (exact) mass is 495 g/mol. The molecule has 0 fully saturated rings. The Balaban J connectivity index is 1.54. The number of likely N-dealkylation sites (N-methyl/N-ethyl adjacent to an activating group) is 2. The van der Waals surface area contributed by atoms with E-state index in [4.69, 9.17) is 9.47 Å². The molecule has 2 N–H and O–H groups in total. The molecule has 5 rings (SSSR count). The third-order valence-electron chi connectivity index (χ3n) is 6.15. The van der Waals surface area contributed by atoms with Gasteiger partial charge in [-0.3, -0.25) is 9.59 Å². The number of fused-ring (bicyclic) bond motifs is 2. The van der Waals surface area contributed by atoms with E-state index in [2.05, 4.69) is 16.7 Å². The van der Waals surface area contributed by atoms with Crippen LogP contribution in [-0.4, -0.2) is 51.2 Å². The zero-order valence-corrected chi connectivity index (χ0v) is 20.7. The Morgan fingerprint density at radius 3 is 2.51 bits per heavy atom. The summed E-state index contributed by atoms with van der Waals surface area (Å²) >= 11 is 0. The first-order valence-corrected chi connectivity index (χ1v) is 11.6. The Kier molecular flexibility index (Phi) is 6.26. The minimum Gasteiger partial charge on any atom is -0.454 e. The van der Waals surface area contributed by atoms with E-state index in [1.54, 1.807) is 36.2 Å². The van der Waals surface area contributed by atoms with Gasteiger partial charge in [0.25, 0.3) is 5.91 Å². The lowest BCUT2D eigenvalue weighted by molar-refractivity contribution is -0.119. The molecule has 0 saturated heterocycles. The first-order chi connectivity index (χ1) is 17.8. The van der Waals surface area contributed by atoms with Gasteiger partial charge in [-0.15, -0.1) is 0 Å². The number of hydrogen-bond donors (Lipinski definition) is 2. The summed E-state index contributed by atoms with van der Waals surface area (Å²) in [7, 11) is 5.44. The predicted octanol–water partition coefficient (Wildman–Crippen LogP) is 3.74. The molecule has 0 radical (unpaired) electrons. The van der Waals surface area contributed by atoms with Crippen molar-refractivity contribution in [2.45, 2.75) is 0 Å². The standard InChI is InChI=1S/C28H25N5O4/c1-32(2)15-25(34)33(3)20-8-6-19(7-9-20)30-27(18-5-11-23-24(13-18)37-16-36-23)26-21-10-4-17(14-29)12-22(21)31-28(26)35/h4-13,30H,15-16H2,1-3H3,(H,31,35)/b27-26-. The van der Waals surface area contributed by atoms with E-state index in [1.807, 2.05) is 55.4 Å². The van der Waals surface area contributed by atoms with E-state index in [9.17, 15) is 14.9 Å². The van der Waals surface area contributed by atoms with E-state index in [0.717, 1.165) is 16.9 Å². The molecule has 0 aliphatic carbocycles. The van der Waals surface area contributed by atoms with Gasteiger partial charge < -0.3 is 29.9 Å². The smallest absolute Gasteiger partial charge is 0.258 e. The molecule has 0 spiro atoms. The van der Waals surface area contributed by atoms with Crippen molar-refractivity contribution in [1.82, 2.24) is 4.90 Å². The fourth-order valence-electron chi connectivity index (χ4n) is 4.25. The van der Waals surface area contributed by atoms with E-state index >= 15 is 0 Å². The molecule has 2 heterocycles. The summed E-state index contributed by atoms with van der Waals surface area (Å²) in [6, 6.07) is 20.1. The summed E-state index contributed by atoms with van der Waals surface area (Å²) in [5.74, 6) is 0.922. The molecular weight excluding hydrogens is 470 g/mol. The first-order valence-electron chi connectivity index (χ1n) is 11.6. The molecule has 0 unspecified atom stereocenters. The maximum atomic E-state index is 13.2. The summed E-state index contributed by atoms with van der Waals surface area (Å²) in [5.41, 5.74) is 4.96.